The molecule has 154 valence electrons. The van der Waals surface area contributed by atoms with Crippen LogP contribution < -0.4 is 0 Å². The smallest absolute Gasteiger partial charge is 0.0724 e. The highest BCUT2D eigenvalue weighted by molar-refractivity contribution is 6.31. The number of benzene rings is 3. The Morgan fingerprint density at radius 2 is 1.68 bits per heavy atom. The molecule has 1 aromatic heterocycles. The van der Waals surface area contributed by atoms with Crippen molar-refractivity contribution in [2.45, 2.75) is 26.2 Å². The molecule has 0 unspecified atom stereocenters. The molecule has 1 nitrogen and oxygen atoms in total. The summed E-state index contributed by atoms with van der Waals surface area (Å²) in [4.78, 5) is 4.70. The molecule has 0 saturated carbocycles. The topological polar surface area (TPSA) is 12.9 Å². The second-order valence-electron chi connectivity index (χ2n) is 7.70. The molecule has 0 aliphatic rings. The van der Waals surface area contributed by atoms with E-state index in [4.69, 9.17) is 16.6 Å². The van der Waals surface area contributed by atoms with Gasteiger partial charge in [-0.3, -0.25) is 0 Å². The molecule has 0 fully saturated rings. The van der Waals surface area contributed by atoms with E-state index in [0.717, 1.165) is 35.9 Å². The van der Waals surface area contributed by atoms with Gasteiger partial charge in [-0.1, -0.05) is 90.5 Å². The molecule has 2 heteroatoms. The van der Waals surface area contributed by atoms with Gasteiger partial charge in [0.05, 0.1) is 11.2 Å². The van der Waals surface area contributed by atoms with Crippen LogP contribution >= 0.6 is 11.6 Å². The van der Waals surface area contributed by atoms with E-state index in [9.17, 15) is 0 Å². The van der Waals surface area contributed by atoms with E-state index in [-0.39, 0.29) is 0 Å². The lowest BCUT2D eigenvalue weighted by atomic mass is 9.99. The van der Waals surface area contributed by atoms with Crippen LogP contribution in [0.15, 0.2) is 84.9 Å². The molecule has 0 atom stereocenters. The molecular weight excluding hydrogens is 398 g/mol. The molecular formula is C29H26ClN. The van der Waals surface area contributed by atoms with E-state index >= 15 is 0 Å². The summed E-state index contributed by atoms with van der Waals surface area (Å²) in [7, 11) is 0. The molecule has 31 heavy (non-hydrogen) atoms. The van der Waals surface area contributed by atoms with E-state index in [2.05, 4.69) is 85.8 Å². The van der Waals surface area contributed by atoms with Gasteiger partial charge in [0, 0.05) is 10.4 Å². The number of hydrogen-bond donors (Lipinski definition) is 0. The first kappa shape index (κ1) is 21.1. The summed E-state index contributed by atoms with van der Waals surface area (Å²) >= 11 is 6.11. The van der Waals surface area contributed by atoms with Gasteiger partial charge in [0.2, 0.25) is 0 Å². The van der Waals surface area contributed by atoms with Crippen molar-refractivity contribution in [2.24, 2.45) is 0 Å². The zero-order valence-electron chi connectivity index (χ0n) is 17.8. The lowest BCUT2D eigenvalue weighted by Crippen LogP contribution is -1.93. The number of aromatic nitrogens is 1. The molecule has 0 saturated heterocycles. The minimum absolute atomic E-state index is 0.710. The van der Waals surface area contributed by atoms with E-state index < -0.39 is 0 Å². The van der Waals surface area contributed by atoms with Crippen LogP contribution in [-0.2, 0) is 12.8 Å². The summed E-state index contributed by atoms with van der Waals surface area (Å²) < 4.78 is 0. The van der Waals surface area contributed by atoms with Crippen LogP contribution in [0.3, 0.4) is 0 Å². The number of halogens is 1. The van der Waals surface area contributed by atoms with E-state index in [1.165, 1.54) is 22.3 Å². The third kappa shape index (κ3) is 5.71. The Balaban J connectivity index is 1.41. The Labute approximate surface area is 189 Å². The van der Waals surface area contributed by atoms with Crippen molar-refractivity contribution in [1.29, 1.82) is 0 Å². The zero-order chi connectivity index (χ0) is 21.5. The number of rotatable bonds is 7. The second kappa shape index (κ2) is 10.2. The molecule has 0 aliphatic heterocycles. The fourth-order valence-electron chi connectivity index (χ4n) is 3.82. The Morgan fingerprint density at radius 1 is 0.806 bits per heavy atom. The van der Waals surface area contributed by atoms with Crippen molar-refractivity contribution in [3.63, 3.8) is 0 Å². The van der Waals surface area contributed by atoms with Crippen molar-refractivity contribution in [2.75, 3.05) is 0 Å². The van der Waals surface area contributed by atoms with Crippen LogP contribution in [0.2, 0.25) is 5.02 Å². The van der Waals surface area contributed by atoms with Gasteiger partial charge >= 0.3 is 0 Å². The monoisotopic (exact) mass is 423 g/mol. The van der Waals surface area contributed by atoms with Gasteiger partial charge in [-0.25, -0.2) is 4.98 Å². The quantitative estimate of drug-likeness (QED) is 0.291. The highest BCUT2D eigenvalue weighted by atomic mass is 35.5. The normalized spacial score (nSPS) is 11.7. The number of aryl methyl sites for hydroxylation is 2. The number of hydrogen-bond acceptors (Lipinski definition) is 1. The van der Waals surface area contributed by atoms with Crippen LogP contribution in [0.1, 0.15) is 41.3 Å². The molecule has 0 amide bonds. The molecule has 3 aromatic carbocycles. The fraction of sp³-hybridized carbons (Fsp3) is 0.138. The average Bonchev–Trinajstić information content (AvgIpc) is 2.79. The molecule has 0 N–H and O–H groups in total. The highest BCUT2D eigenvalue weighted by Gasteiger charge is 2.01. The number of pyridine rings is 1. The Bertz CT molecular complexity index is 1240. The number of fused-ring (bicyclic) bond motifs is 1. The van der Waals surface area contributed by atoms with Crippen molar-refractivity contribution >= 4 is 40.7 Å². The number of allylic oxidation sites excluding steroid dienone is 1. The van der Waals surface area contributed by atoms with Crippen LogP contribution in [0, 0.1) is 0 Å². The first-order chi connectivity index (χ1) is 15.2. The van der Waals surface area contributed by atoms with Crippen molar-refractivity contribution in [1.82, 2.24) is 4.98 Å². The fourth-order valence-corrected chi connectivity index (χ4v) is 3.99. The van der Waals surface area contributed by atoms with Gasteiger partial charge in [0.1, 0.15) is 0 Å². The van der Waals surface area contributed by atoms with E-state index in [1.807, 2.05) is 24.3 Å². The first-order valence-electron chi connectivity index (χ1n) is 10.8. The lowest BCUT2D eigenvalue weighted by molar-refractivity contribution is 0.819. The minimum Gasteiger partial charge on any atom is -0.248 e. The SMILES string of the molecule is C/C=C/c1ccccc1CCCc1cccc(/C=C/c2ccc3ccc(Cl)cc3n2)c1. The lowest BCUT2D eigenvalue weighted by Gasteiger charge is -2.07. The predicted octanol–water partition coefficient (Wildman–Crippen LogP) is 8.27. The standard InChI is InChI=1S/C29H26ClN/c1-2-7-24-11-3-4-12-25(24)13-6-10-22-8-5-9-23(20-22)14-18-28-19-16-26-15-17-27(30)21-29(26)31-28/h2-5,7-9,11-12,14-21H,6,10,13H2,1H3/b7-2+,18-14+. The third-order valence-corrected chi connectivity index (χ3v) is 5.62. The van der Waals surface area contributed by atoms with Gasteiger partial charge in [-0.05, 0) is 72.7 Å². The maximum absolute atomic E-state index is 6.11. The van der Waals surface area contributed by atoms with Crippen molar-refractivity contribution in [3.8, 4) is 0 Å². The van der Waals surface area contributed by atoms with Gasteiger partial charge in [0.15, 0.2) is 0 Å². The minimum atomic E-state index is 0.710. The largest absolute Gasteiger partial charge is 0.248 e. The molecule has 0 aliphatic carbocycles. The van der Waals surface area contributed by atoms with Crippen LogP contribution in [0.4, 0.5) is 0 Å². The highest BCUT2D eigenvalue weighted by Crippen LogP contribution is 2.19. The summed E-state index contributed by atoms with van der Waals surface area (Å²) in [6, 6.07) is 27.3. The van der Waals surface area contributed by atoms with E-state index in [1.54, 1.807) is 0 Å². The summed E-state index contributed by atoms with van der Waals surface area (Å²) in [5.74, 6) is 0. The van der Waals surface area contributed by atoms with Gasteiger partial charge < -0.3 is 0 Å². The Kier molecular flexibility index (Phi) is 6.96. The molecule has 0 bridgehead atoms. The predicted molar refractivity (Wildman–Crippen MR) is 135 cm³/mol. The maximum Gasteiger partial charge on any atom is 0.0724 e. The zero-order valence-corrected chi connectivity index (χ0v) is 18.5. The molecule has 4 aromatic rings. The van der Waals surface area contributed by atoms with Crippen molar-refractivity contribution < 1.29 is 0 Å². The summed E-state index contributed by atoms with van der Waals surface area (Å²) in [6.45, 7) is 2.07. The van der Waals surface area contributed by atoms with Gasteiger partial charge in [-0.15, -0.1) is 0 Å². The van der Waals surface area contributed by atoms with E-state index in [0.29, 0.717) is 5.02 Å². The van der Waals surface area contributed by atoms with Crippen molar-refractivity contribution in [3.05, 3.63) is 118 Å². The van der Waals surface area contributed by atoms with Crippen LogP contribution in [-0.4, -0.2) is 4.98 Å². The summed E-state index contributed by atoms with van der Waals surface area (Å²) in [5.41, 5.74) is 7.15. The molecule has 0 radical (unpaired) electrons. The number of nitrogens with zero attached hydrogens (tertiary/aromatic N) is 1. The maximum atomic E-state index is 6.11. The third-order valence-electron chi connectivity index (χ3n) is 5.39. The molecule has 4 rings (SSSR count). The van der Waals surface area contributed by atoms with Gasteiger partial charge in [0.25, 0.3) is 0 Å². The Morgan fingerprint density at radius 3 is 2.58 bits per heavy atom. The molecule has 0 spiro atoms. The summed E-state index contributed by atoms with van der Waals surface area (Å²) in [6.07, 6.45) is 11.8. The second-order valence-corrected chi connectivity index (χ2v) is 8.14. The Hall–Kier alpha value is -3.16. The van der Waals surface area contributed by atoms with Gasteiger partial charge in [-0.2, -0.15) is 0 Å². The summed E-state index contributed by atoms with van der Waals surface area (Å²) in [5, 5.41) is 1.81. The average molecular weight is 424 g/mol. The molecule has 1 heterocycles. The van der Waals surface area contributed by atoms with Crippen LogP contribution in [0.25, 0.3) is 29.1 Å². The first-order valence-corrected chi connectivity index (χ1v) is 11.1. The van der Waals surface area contributed by atoms with Crippen LogP contribution in [0.5, 0.6) is 0 Å².